The topological polar surface area (TPSA) is 37.8 Å². The van der Waals surface area contributed by atoms with Gasteiger partial charge in [-0.15, -0.1) is 0 Å². The second kappa shape index (κ2) is 5.25. The summed E-state index contributed by atoms with van der Waals surface area (Å²) in [6.07, 6.45) is 3.35. The quantitative estimate of drug-likeness (QED) is 0.882. The second-order valence-corrected chi connectivity index (χ2v) is 4.72. The fourth-order valence-electron chi connectivity index (χ4n) is 1.45. The van der Waals surface area contributed by atoms with Crippen molar-refractivity contribution in [3.8, 4) is 0 Å². The van der Waals surface area contributed by atoms with Gasteiger partial charge in [-0.1, -0.05) is 29.8 Å². The summed E-state index contributed by atoms with van der Waals surface area (Å²) in [5.41, 5.74) is 2.53. The van der Waals surface area contributed by atoms with Crippen molar-refractivity contribution in [2.75, 3.05) is 5.32 Å². The number of benzene rings is 1. The second-order valence-electron chi connectivity index (χ2n) is 3.56. The summed E-state index contributed by atoms with van der Waals surface area (Å²) < 4.78 is 1.03. The summed E-state index contributed by atoms with van der Waals surface area (Å²) >= 11 is 2.22. The fraction of sp³-hybridized carbons (Fsp3) is 0.167. The Balaban J connectivity index is 2.05. The molecule has 0 atom stereocenters. The molecule has 0 aliphatic heterocycles. The van der Waals surface area contributed by atoms with E-state index in [1.807, 2.05) is 0 Å². The van der Waals surface area contributed by atoms with Crippen LogP contribution in [0.3, 0.4) is 0 Å². The lowest BCUT2D eigenvalue weighted by atomic mass is 10.1. The van der Waals surface area contributed by atoms with Crippen molar-refractivity contribution < 1.29 is 0 Å². The maximum absolute atomic E-state index is 4.19. The minimum absolute atomic E-state index is 0.786. The maximum Gasteiger partial charge on any atom is 0.143 e. The molecule has 0 unspecified atom stereocenters. The summed E-state index contributed by atoms with van der Waals surface area (Å²) in [4.78, 5) is 8.14. The zero-order valence-corrected chi connectivity index (χ0v) is 11.1. The Morgan fingerprint density at radius 3 is 3.00 bits per heavy atom. The average Bonchev–Trinajstić information content (AvgIpc) is 2.28. The molecule has 16 heavy (non-hydrogen) atoms. The third-order valence-corrected chi connectivity index (χ3v) is 3.00. The van der Waals surface area contributed by atoms with Crippen LogP contribution in [0.4, 0.5) is 5.82 Å². The van der Waals surface area contributed by atoms with Gasteiger partial charge in [-0.05, 0) is 35.1 Å². The van der Waals surface area contributed by atoms with E-state index in [-0.39, 0.29) is 0 Å². The number of rotatable bonds is 3. The van der Waals surface area contributed by atoms with E-state index in [2.05, 4.69) is 69.1 Å². The van der Waals surface area contributed by atoms with E-state index in [0.29, 0.717) is 0 Å². The maximum atomic E-state index is 4.19. The largest absolute Gasteiger partial charge is 0.365 e. The number of nitrogens with one attached hydrogen (secondary N) is 1. The van der Waals surface area contributed by atoms with Gasteiger partial charge in [-0.25, -0.2) is 9.97 Å². The van der Waals surface area contributed by atoms with Gasteiger partial charge >= 0.3 is 0 Å². The Labute approximate surface area is 108 Å². The van der Waals surface area contributed by atoms with Crippen molar-refractivity contribution in [1.82, 2.24) is 9.97 Å². The van der Waals surface area contributed by atoms with E-state index in [1.54, 1.807) is 12.5 Å². The van der Waals surface area contributed by atoms with Crippen LogP contribution in [-0.4, -0.2) is 9.97 Å². The smallest absolute Gasteiger partial charge is 0.143 e. The Morgan fingerprint density at radius 2 is 2.25 bits per heavy atom. The van der Waals surface area contributed by atoms with E-state index in [0.717, 1.165) is 15.9 Å². The van der Waals surface area contributed by atoms with Crippen molar-refractivity contribution in [2.24, 2.45) is 0 Å². The minimum atomic E-state index is 0.786. The van der Waals surface area contributed by atoms with E-state index in [4.69, 9.17) is 0 Å². The van der Waals surface area contributed by atoms with Gasteiger partial charge in [0.25, 0.3) is 0 Å². The molecule has 3 nitrogen and oxygen atoms in total. The molecule has 0 spiro atoms. The molecule has 0 saturated heterocycles. The highest BCUT2D eigenvalue weighted by Gasteiger charge is 1.99. The van der Waals surface area contributed by atoms with Crippen molar-refractivity contribution in [1.29, 1.82) is 0 Å². The van der Waals surface area contributed by atoms with E-state index in [1.165, 1.54) is 11.1 Å². The van der Waals surface area contributed by atoms with Gasteiger partial charge in [-0.3, -0.25) is 0 Å². The summed E-state index contributed by atoms with van der Waals surface area (Å²) in [6, 6.07) is 8.43. The lowest BCUT2D eigenvalue weighted by molar-refractivity contribution is 1.07. The Morgan fingerprint density at radius 1 is 1.38 bits per heavy atom. The zero-order valence-electron chi connectivity index (χ0n) is 8.94. The van der Waals surface area contributed by atoms with Gasteiger partial charge in [0.05, 0.1) is 3.57 Å². The first-order valence-electron chi connectivity index (χ1n) is 5.00. The van der Waals surface area contributed by atoms with Gasteiger partial charge in [0, 0.05) is 12.7 Å². The third-order valence-electron chi connectivity index (χ3n) is 2.21. The van der Waals surface area contributed by atoms with Crippen LogP contribution in [0.15, 0.2) is 36.8 Å². The van der Waals surface area contributed by atoms with Gasteiger partial charge < -0.3 is 5.32 Å². The Kier molecular flexibility index (Phi) is 3.71. The monoisotopic (exact) mass is 325 g/mol. The summed E-state index contributed by atoms with van der Waals surface area (Å²) in [5, 5.41) is 3.30. The van der Waals surface area contributed by atoms with Crippen LogP contribution in [0.5, 0.6) is 0 Å². The predicted octanol–water partition coefficient (Wildman–Crippen LogP) is 3.00. The van der Waals surface area contributed by atoms with Crippen LogP contribution in [0.25, 0.3) is 0 Å². The molecule has 0 amide bonds. The number of hydrogen-bond acceptors (Lipinski definition) is 3. The van der Waals surface area contributed by atoms with Crippen LogP contribution < -0.4 is 5.32 Å². The van der Waals surface area contributed by atoms with Crippen LogP contribution in [0.2, 0.25) is 0 Å². The number of hydrogen-bond donors (Lipinski definition) is 1. The molecule has 1 aromatic carbocycles. The molecule has 82 valence electrons. The van der Waals surface area contributed by atoms with Gasteiger partial charge in [0.15, 0.2) is 0 Å². The SMILES string of the molecule is Cc1cccc(CNc2ncncc2I)c1. The predicted molar refractivity (Wildman–Crippen MR) is 73.3 cm³/mol. The van der Waals surface area contributed by atoms with Crippen molar-refractivity contribution >= 4 is 28.4 Å². The van der Waals surface area contributed by atoms with E-state index >= 15 is 0 Å². The van der Waals surface area contributed by atoms with E-state index in [9.17, 15) is 0 Å². The number of anilines is 1. The first-order valence-corrected chi connectivity index (χ1v) is 6.08. The average molecular weight is 325 g/mol. The molecule has 0 saturated carbocycles. The highest BCUT2D eigenvalue weighted by atomic mass is 127. The van der Waals surface area contributed by atoms with Gasteiger partial charge in [0.1, 0.15) is 12.1 Å². The molecule has 4 heteroatoms. The number of aryl methyl sites for hydroxylation is 1. The minimum Gasteiger partial charge on any atom is -0.365 e. The highest BCUT2D eigenvalue weighted by Crippen LogP contribution is 2.14. The molecule has 1 aromatic heterocycles. The Hall–Kier alpha value is -1.17. The molecule has 0 fully saturated rings. The van der Waals surface area contributed by atoms with Crippen LogP contribution in [0, 0.1) is 10.5 Å². The molecule has 2 aromatic rings. The normalized spacial score (nSPS) is 10.1. The lowest BCUT2D eigenvalue weighted by Crippen LogP contribution is -2.03. The lowest BCUT2D eigenvalue weighted by Gasteiger charge is -2.07. The van der Waals surface area contributed by atoms with E-state index < -0.39 is 0 Å². The van der Waals surface area contributed by atoms with Crippen LogP contribution in [0.1, 0.15) is 11.1 Å². The number of halogens is 1. The Bertz CT molecular complexity index is 485. The first kappa shape index (κ1) is 11.3. The molecular formula is C12H12IN3. The van der Waals surface area contributed by atoms with Crippen LogP contribution in [-0.2, 0) is 6.54 Å². The molecule has 1 N–H and O–H groups in total. The first-order chi connectivity index (χ1) is 7.75. The molecule has 0 aliphatic rings. The molecule has 1 heterocycles. The van der Waals surface area contributed by atoms with Crippen molar-refractivity contribution in [3.63, 3.8) is 0 Å². The van der Waals surface area contributed by atoms with Crippen molar-refractivity contribution in [2.45, 2.75) is 13.5 Å². The third kappa shape index (κ3) is 2.91. The molecule has 2 rings (SSSR count). The standard InChI is InChI=1S/C12H12IN3/c1-9-3-2-4-10(5-9)6-15-12-11(13)7-14-8-16-12/h2-5,7-8H,6H2,1H3,(H,14,15,16). The highest BCUT2D eigenvalue weighted by molar-refractivity contribution is 14.1. The number of nitrogens with zero attached hydrogens (tertiary/aromatic N) is 2. The summed E-state index contributed by atoms with van der Waals surface area (Å²) in [7, 11) is 0. The van der Waals surface area contributed by atoms with Crippen molar-refractivity contribution in [3.05, 3.63) is 51.5 Å². The fourth-order valence-corrected chi connectivity index (χ4v) is 1.94. The van der Waals surface area contributed by atoms with Gasteiger partial charge in [0.2, 0.25) is 0 Å². The van der Waals surface area contributed by atoms with Crippen LogP contribution >= 0.6 is 22.6 Å². The molecule has 0 radical (unpaired) electrons. The molecule has 0 bridgehead atoms. The summed E-state index contributed by atoms with van der Waals surface area (Å²) in [5.74, 6) is 0.886. The zero-order chi connectivity index (χ0) is 11.4. The summed E-state index contributed by atoms with van der Waals surface area (Å²) in [6.45, 7) is 2.88. The number of aromatic nitrogens is 2. The molecular weight excluding hydrogens is 313 g/mol. The van der Waals surface area contributed by atoms with Gasteiger partial charge in [-0.2, -0.15) is 0 Å². The molecule has 0 aliphatic carbocycles.